The Bertz CT molecular complexity index is 346. The third-order valence-electron chi connectivity index (χ3n) is 1.48. The molecule has 0 saturated heterocycles. The molecular weight excluding hydrogens is 326 g/mol. The molecule has 1 aromatic rings. The number of carbonyl (C=O) groups is 1. The number of nitrogens with zero attached hydrogens (tertiary/aromatic N) is 2. The van der Waals surface area contributed by atoms with Gasteiger partial charge in [-0.05, 0) is 48.9 Å². The Labute approximate surface area is 104 Å². The number of rotatable bonds is 3. The van der Waals surface area contributed by atoms with Crippen LogP contribution in [0.25, 0.3) is 0 Å². The third kappa shape index (κ3) is 4.93. The highest BCUT2D eigenvalue weighted by molar-refractivity contribution is 14.2. The van der Waals surface area contributed by atoms with Gasteiger partial charge in [0.15, 0.2) is 0 Å². The van der Waals surface area contributed by atoms with Crippen LogP contribution >= 0.6 is 28.4 Å². The lowest BCUT2D eigenvalue weighted by molar-refractivity contribution is -0.153. The van der Waals surface area contributed by atoms with Crippen LogP contribution in [-0.2, 0) is 16.0 Å². The summed E-state index contributed by atoms with van der Waals surface area (Å²) in [7, 11) is 0. The second-order valence-electron chi connectivity index (χ2n) is 4.10. The van der Waals surface area contributed by atoms with Crippen molar-refractivity contribution in [3.63, 3.8) is 0 Å². The Balaban J connectivity index is 2.51. The molecule has 84 valence electrons. The predicted octanol–water partition coefficient (Wildman–Crippen LogP) is 2.56. The second kappa shape index (κ2) is 5.25. The summed E-state index contributed by atoms with van der Waals surface area (Å²) in [4.78, 5) is 11.5. The summed E-state index contributed by atoms with van der Waals surface area (Å²) in [6.07, 6.45) is 2.67. The lowest BCUT2D eigenvalue weighted by atomic mass is 10.2. The first-order chi connectivity index (χ1) is 6.90. The zero-order chi connectivity index (χ0) is 11.5. The van der Waals surface area contributed by atoms with Gasteiger partial charge >= 0.3 is 5.97 Å². The maximum absolute atomic E-state index is 11.5. The molecule has 0 radical (unpaired) electrons. The quantitative estimate of drug-likeness (QED) is 0.483. The van der Waals surface area contributed by atoms with E-state index >= 15 is 0 Å². The molecule has 1 atom stereocenters. The first-order valence-corrected chi connectivity index (χ1v) is 8.60. The average molecular weight is 340 g/mol. The fourth-order valence-corrected chi connectivity index (χ4v) is 2.13. The normalized spacial score (nSPS) is 12.3. The van der Waals surface area contributed by atoms with Gasteiger partial charge in [0.1, 0.15) is 5.60 Å². The highest BCUT2D eigenvalue weighted by Gasteiger charge is 2.17. The molecule has 0 fully saturated rings. The van der Waals surface area contributed by atoms with Gasteiger partial charge in [0, 0.05) is 6.20 Å². The van der Waals surface area contributed by atoms with E-state index in [9.17, 15) is 4.79 Å². The van der Waals surface area contributed by atoms with Crippen molar-refractivity contribution in [1.29, 1.82) is 0 Å². The predicted molar refractivity (Wildman–Crippen MR) is 69.5 cm³/mol. The molecule has 15 heavy (non-hydrogen) atoms. The number of carbonyl (C=O) groups excluding carboxylic acids is 1. The van der Waals surface area contributed by atoms with Crippen LogP contribution < -0.4 is 0 Å². The molecule has 0 amide bonds. The van der Waals surface area contributed by atoms with E-state index in [-0.39, 0.29) is 12.4 Å². The van der Waals surface area contributed by atoms with E-state index in [1.165, 1.54) is 0 Å². The number of hydrogen-bond acceptors (Lipinski definition) is 3. The van der Waals surface area contributed by atoms with Crippen LogP contribution in [0, 0.1) is 0 Å². The zero-order valence-electron chi connectivity index (χ0n) is 8.95. The van der Waals surface area contributed by atoms with Gasteiger partial charge in [-0.3, -0.25) is 4.79 Å². The molecule has 0 spiro atoms. The Hall–Kier alpha value is -0.160. The Morgan fingerprint density at radius 3 is 2.80 bits per heavy atom. The SMILES string of the molecule is CC(C)(C)OC(=O)Cc1ccn(PI)n1. The van der Waals surface area contributed by atoms with Crippen molar-refractivity contribution in [3.8, 4) is 0 Å². The first-order valence-electron chi connectivity index (χ1n) is 4.54. The van der Waals surface area contributed by atoms with Crippen LogP contribution in [0.5, 0.6) is 0 Å². The van der Waals surface area contributed by atoms with Crippen molar-refractivity contribution < 1.29 is 9.53 Å². The fourth-order valence-electron chi connectivity index (χ4n) is 1.03. The smallest absolute Gasteiger partial charge is 0.312 e. The van der Waals surface area contributed by atoms with Crippen molar-refractivity contribution in [2.24, 2.45) is 0 Å². The molecule has 0 aliphatic heterocycles. The number of hydrogen-bond donors (Lipinski definition) is 0. The van der Waals surface area contributed by atoms with E-state index in [4.69, 9.17) is 4.74 Å². The molecule has 0 N–H and O–H groups in total. The van der Waals surface area contributed by atoms with Crippen molar-refractivity contribution in [2.45, 2.75) is 32.8 Å². The van der Waals surface area contributed by atoms with E-state index in [2.05, 4.69) is 27.1 Å². The monoisotopic (exact) mass is 340 g/mol. The zero-order valence-corrected chi connectivity index (χ0v) is 12.1. The van der Waals surface area contributed by atoms with Crippen LogP contribution in [0.4, 0.5) is 0 Å². The van der Waals surface area contributed by atoms with Gasteiger partial charge < -0.3 is 4.74 Å². The molecule has 1 rings (SSSR count). The highest BCUT2D eigenvalue weighted by atomic mass is 127. The molecule has 1 aromatic heterocycles. The minimum absolute atomic E-state index is 0.232. The lowest BCUT2D eigenvalue weighted by Crippen LogP contribution is -2.25. The van der Waals surface area contributed by atoms with E-state index in [0.717, 1.165) is 5.69 Å². The third-order valence-corrected chi connectivity index (χ3v) is 3.38. The summed E-state index contributed by atoms with van der Waals surface area (Å²) in [6.45, 7) is 5.57. The summed E-state index contributed by atoms with van der Waals surface area (Å²) < 4.78 is 7.00. The minimum Gasteiger partial charge on any atom is -0.460 e. The Kier molecular flexibility index (Phi) is 4.52. The molecular formula is C9H14IN2O2P. The van der Waals surface area contributed by atoms with Crippen molar-refractivity contribution in [1.82, 2.24) is 9.55 Å². The summed E-state index contributed by atoms with van der Waals surface area (Å²) in [5, 5.41) is 4.22. The number of aromatic nitrogens is 2. The molecule has 4 nitrogen and oxygen atoms in total. The number of ether oxygens (including phenoxy) is 1. The molecule has 1 unspecified atom stereocenters. The fraction of sp³-hybridized carbons (Fsp3) is 0.556. The van der Waals surface area contributed by atoms with E-state index in [1.54, 1.807) is 4.45 Å². The summed E-state index contributed by atoms with van der Waals surface area (Å²) >= 11 is 2.23. The molecule has 0 aliphatic carbocycles. The second-order valence-corrected chi connectivity index (χ2v) is 6.17. The van der Waals surface area contributed by atoms with Crippen LogP contribution in [0.2, 0.25) is 0 Å². The van der Waals surface area contributed by atoms with Gasteiger partial charge in [0.25, 0.3) is 0 Å². The standard InChI is InChI=1S/C9H14IN2O2P/c1-9(2,3)14-8(13)6-7-4-5-12(11-7)15-10/h4-5,15H,6H2,1-3H3. The van der Waals surface area contributed by atoms with Gasteiger partial charge in [-0.1, -0.05) is 0 Å². The van der Waals surface area contributed by atoms with Crippen molar-refractivity contribution in [3.05, 3.63) is 18.0 Å². The summed E-state index contributed by atoms with van der Waals surface area (Å²) in [6, 6.07) is 1.84. The van der Waals surface area contributed by atoms with E-state index in [1.807, 2.05) is 33.0 Å². The van der Waals surface area contributed by atoms with E-state index < -0.39 is 5.60 Å². The molecule has 0 bridgehead atoms. The van der Waals surface area contributed by atoms with Crippen LogP contribution in [0.1, 0.15) is 26.5 Å². The summed E-state index contributed by atoms with van der Waals surface area (Å²) in [5.41, 5.74) is 0.332. The van der Waals surface area contributed by atoms with Gasteiger partial charge in [0.05, 0.1) is 18.5 Å². The van der Waals surface area contributed by atoms with Crippen LogP contribution in [0.15, 0.2) is 12.3 Å². The highest BCUT2D eigenvalue weighted by Crippen LogP contribution is 2.22. The van der Waals surface area contributed by atoms with Crippen molar-refractivity contribution in [2.75, 3.05) is 0 Å². The molecule has 0 saturated carbocycles. The molecule has 1 heterocycles. The average Bonchev–Trinajstić information content (AvgIpc) is 2.48. The van der Waals surface area contributed by atoms with Gasteiger partial charge in [-0.25, -0.2) is 4.45 Å². The minimum atomic E-state index is -0.426. The molecule has 6 heteroatoms. The van der Waals surface area contributed by atoms with Crippen molar-refractivity contribution >= 4 is 34.4 Å². The maximum Gasteiger partial charge on any atom is 0.312 e. The van der Waals surface area contributed by atoms with Gasteiger partial charge in [-0.15, -0.1) is 0 Å². The molecule has 0 aliphatic rings. The Morgan fingerprint density at radius 1 is 1.67 bits per heavy atom. The lowest BCUT2D eigenvalue weighted by Gasteiger charge is -2.18. The topological polar surface area (TPSA) is 44.1 Å². The Morgan fingerprint density at radius 2 is 2.33 bits per heavy atom. The summed E-state index contributed by atoms with van der Waals surface area (Å²) in [5.74, 6) is -0.232. The van der Waals surface area contributed by atoms with Crippen LogP contribution in [0.3, 0.4) is 0 Å². The van der Waals surface area contributed by atoms with E-state index in [0.29, 0.717) is 6.37 Å². The van der Waals surface area contributed by atoms with Gasteiger partial charge in [0.2, 0.25) is 0 Å². The molecule has 0 aromatic carbocycles. The maximum atomic E-state index is 11.5. The number of halogens is 1. The van der Waals surface area contributed by atoms with Gasteiger partial charge in [-0.2, -0.15) is 5.10 Å². The largest absolute Gasteiger partial charge is 0.460 e. The first kappa shape index (κ1) is 12.9. The van der Waals surface area contributed by atoms with Crippen LogP contribution in [-0.4, -0.2) is 21.1 Å². The number of esters is 1.